The lowest BCUT2D eigenvalue weighted by Gasteiger charge is -2.14. The van der Waals surface area contributed by atoms with Gasteiger partial charge in [-0.1, -0.05) is 0 Å². The second kappa shape index (κ2) is 7.05. The van der Waals surface area contributed by atoms with Gasteiger partial charge in [0.05, 0.1) is 17.3 Å². The first-order valence-electron chi connectivity index (χ1n) is 11.0. The van der Waals surface area contributed by atoms with E-state index in [-0.39, 0.29) is 23.0 Å². The molecule has 0 spiro atoms. The van der Waals surface area contributed by atoms with Crippen molar-refractivity contribution < 1.29 is 23.2 Å². The van der Waals surface area contributed by atoms with Crippen LogP contribution in [0.1, 0.15) is 63.1 Å². The van der Waals surface area contributed by atoms with Crippen molar-refractivity contribution in [3.05, 3.63) is 64.2 Å². The molecular weight excluding hydrogens is 446 g/mol. The van der Waals surface area contributed by atoms with Gasteiger partial charge in [0.1, 0.15) is 11.4 Å². The number of H-pyrrole nitrogens is 1. The highest BCUT2D eigenvalue weighted by Crippen LogP contribution is 2.54. The minimum absolute atomic E-state index is 0.0916. The minimum Gasteiger partial charge on any atom is -0.338 e. The summed E-state index contributed by atoms with van der Waals surface area (Å²) < 4.78 is 28.7. The highest BCUT2D eigenvalue weighted by Gasteiger charge is 2.52. The quantitative estimate of drug-likeness (QED) is 0.381. The third-order valence-corrected chi connectivity index (χ3v) is 7.06. The third-order valence-electron chi connectivity index (χ3n) is 7.06. The summed E-state index contributed by atoms with van der Waals surface area (Å²) in [5.41, 5.74) is 1.52. The Morgan fingerprint density at radius 2 is 2.00 bits per heavy atom. The molecule has 9 nitrogen and oxygen atoms in total. The maximum atomic E-state index is 13.6. The van der Waals surface area contributed by atoms with Crippen molar-refractivity contribution in [2.45, 2.75) is 44.2 Å². The van der Waals surface area contributed by atoms with Crippen molar-refractivity contribution >= 4 is 23.3 Å². The normalized spacial score (nSPS) is 20.9. The van der Waals surface area contributed by atoms with Gasteiger partial charge in [-0.25, -0.2) is 8.78 Å². The van der Waals surface area contributed by atoms with Gasteiger partial charge >= 0.3 is 0 Å². The van der Waals surface area contributed by atoms with Crippen molar-refractivity contribution in [1.82, 2.24) is 25.3 Å². The summed E-state index contributed by atoms with van der Waals surface area (Å²) in [6, 6.07) is 3.18. The zero-order valence-electron chi connectivity index (χ0n) is 18.1. The maximum absolute atomic E-state index is 13.6. The molecule has 0 unspecified atom stereocenters. The van der Waals surface area contributed by atoms with E-state index in [1.807, 2.05) is 4.57 Å². The Morgan fingerprint density at radius 1 is 1.21 bits per heavy atom. The molecule has 3 heterocycles. The molecule has 174 valence electrons. The van der Waals surface area contributed by atoms with E-state index >= 15 is 0 Å². The predicted molar refractivity (Wildman–Crippen MR) is 114 cm³/mol. The number of carbonyl (C=O) groups is 3. The molecule has 1 aliphatic heterocycles. The molecule has 2 amide bonds. The largest absolute Gasteiger partial charge is 0.338 e. The molecule has 6 rings (SSSR count). The zero-order valence-corrected chi connectivity index (χ0v) is 18.1. The number of fused-ring (bicyclic) bond motifs is 3. The fourth-order valence-electron chi connectivity index (χ4n) is 5.09. The van der Waals surface area contributed by atoms with Gasteiger partial charge in [-0.2, -0.15) is 15.4 Å². The van der Waals surface area contributed by atoms with Gasteiger partial charge in [-0.15, -0.1) is 0 Å². The summed E-state index contributed by atoms with van der Waals surface area (Å²) in [5, 5.41) is 15.7. The Kier molecular flexibility index (Phi) is 4.29. The molecule has 2 fully saturated rings. The van der Waals surface area contributed by atoms with Crippen molar-refractivity contribution in [2.24, 2.45) is 5.92 Å². The number of aromatic nitrogens is 4. The van der Waals surface area contributed by atoms with E-state index in [0.29, 0.717) is 42.1 Å². The van der Waals surface area contributed by atoms with Gasteiger partial charge in [0, 0.05) is 23.5 Å². The first-order chi connectivity index (χ1) is 16.3. The van der Waals surface area contributed by atoms with Gasteiger partial charge in [-0.3, -0.25) is 14.4 Å². The number of hydrogen-bond donors (Lipinski definition) is 3. The fraction of sp³-hybridized carbons (Fsp3) is 0.348. The van der Waals surface area contributed by atoms with E-state index in [1.54, 1.807) is 6.92 Å². The zero-order chi connectivity index (χ0) is 23.8. The molecule has 2 aromatic heterocycles. The number of hydrogen-bond acceptors (Lipinski definition) is 5. The monoisotopic (exact) mass is 466 g/mol. The van der Waals surface area contributed by atoms with Crippen LogP contribution in [0.15, 0.2) is 24.4 Å². The summed E-state index contributed by atoms with van der Waals surface area (Å²) >= 11 is 0. The molecule has 3 aliphatic rings. The first-order valence-corrected chi connectivity index (χ1v) is 11.0. The van der Waals surface area contributed by atoms with Gasteiger partial charge in [0.2, 0.25) is 0 Å². The van der Waals surface area contributed by atoms with Gasteiger partial charge in [0.25, 0.3) is 17.6 Å². The highest BCUT2D eigenvalue weighted by atomic mass is 19.2. The van der Waals surface area contributed by atoms with Gasteiger partial charge in [-0.05, 0) is 56.2 Å². The maximum Gasteiger partial charge on any atom is 0.293 e. The number of anilines is 1. The van der Waals surface area contributed by atoms with Gasteiger partial charge < -0.3 is 15.2 Å². The van der Waals surface area contributed by atoms with E-state index < -0.39 is 34.8 Å². The Balaban J connectivity index is 1.31. The number of nitrogens with zero attached hydrogens (tertiary/aromatic N) is 3. The number of benzene rings is 1. The summed E-state index contributed by atoms with van der Waals surface area (Å²) in [6.07, 6.45) is 4.32. The second-order valence-corrected chi connectivity index (χ2v) is 9.24. The summed E-state index contributed by atoms with van der Waals surface area (Å²) in [4.78, 5) is 39.5. The summed E-state index contributed by atoms with van der Waals surface area (Å²) in [5.74, 6) is -3.78. The average molecular weight is 466 g/mol. The number of carbonyl (C=O) groups excluding carboxylic acids is 3. The lowest BCUT2D eigenvalue weighted by Crippen LogP contribution is -2.40. The SMILES string of the molecule is Cc1c(C(=O)C(=O)NC2(c3cn[nH]n3)CC2)c2n(c1C(=O)Nc1ccc(F)c(F)c1)[C@@H]1C[C@@H]1C2. The van der Waals surface area contributed by atoms with E-state index in [0.717, 1.165) is 18.6 Å². The summed E-state index contributed by atoms with van der Waals surface area (Å²) in [7, 11) is 0. The molecule has 3 aromatic rings. The van der Waals surface area contributed by atoms with Crippen LogP contribution in [0.4, 0.5) is 14.5 Å². The fourth-order valence-corrected chi connectivity index (χ4v) is 5.09. The lowest BCUT2D eigenvalue weighted by atomic mass is 10.0. The van der Waals surface area contributed by atoms with Crippen LogP contribution >= 0.6 is 0 Å². The average Bonchev–Trinajstić information content (AvgIpc) is 3.59. The number of halogens is 2. The van der Waals surface area contributed by atoms with E-state index in [4.69, 9.17) is 0 Å². The third kappa shape index (κ3) is 3.06. The Bertz CT molecular complexity index is 1380. The Labute approximate surface area is 191 Å². The molecule has 2 saturated carbocycles. The van der Waals surface area contributed by atoms with Crippen LogP contribution in [0, 0.1) is 24.5 Å². The molecule has 1 aromatic carbocycles. The van der Waals surface area contributed by atoms with Crippen LogP contribution in [-0.4, -0.2) is 37.6 Å². The molecule has 11 heteroatoms. The Hall–Kier alpha value is -3.89. The number of ketones is 1. The van der Waals surface area contributed by atoms with E-state index in [9.17, 15) is 23.2 Å². The topological polar surface area (TPSA) is 122 Å². The lowest BCUT2D eigenvalue weighted by molar-refractivity contribution is -0.118. The van der Waals surface area contributed by atoms with Crippen LogP contribution < -0.4 is 10.6 Å². The van der Waals surface area contributed by atoms with E-state index in [1.165, 1.54) is 12.3 Å². The number of nitrogens with one attached hydrogen (secondary N) is 3. The van der Waals surface area contributed by atoms with Crippen molar-refractivity contribution in [3.63, 3.8) is 0 Å². The molecule has 3 N–H and O–H groups in total. The molecule has 2 atom stereocenters. The number of rotatable bonds is 6. The molecule has 2 aliphatic carbocycles. The highest BCUT2D eigenvalue weighted by molar-refractivity contribution is 6.44. The number of aromatic amines is 1. The second-order valence-electron chi connectivity index (χ2n) is 9.24. The van der Waals surface area contributed by atoms with Crippen LogP contribution in [0.25, 0.3) is 0 Å². The van der Waals surface area contributed by atoms with E-state index in [2.05, 4.69) is 26.0 Å². The number of amides is 2. The minimum atomic E-state index is -1.08. The van der Waals surface area contributed by atoms with Crippen molar-refractivity contribution in [2.75, 3.05) is 5.32 Å². The van der Waals surface area contributed by atoms with Gasteiger partial charge in [0.15, 0.2) is 11.6 Å². The molecule has 34 heavy (non-hydrogen) atoms. The van der Waals surface area contributed by atoms with Crippen molar-refractivity contribution in [1.29, 1.82) is 0 Å². The standard InChI is InChI=1S/C23H20F2N6O3/c1-10-18(20(32)22(34)28-23(4-5-23)17-9-26-30-29-17)16-7-11-6-15(11)31(16)19(10)21(33)27-12-2-3-13(24)14(25)8-12/h2-3,8-9,11,15H,4-7H2,1H3,(H,27,33)(H,28,34)(H,26,29,30)/t11-,15-/m1/s1. The van der Waals surface area contributed by atoms with Crippen molar-refractivity contribution in [3.8, 4) is 0 Å². The summed E-state index contributed by atoms with van der Waals surface area (Å²) in [6.45, 7) is 1.63. The van der Waals surface area contributed by atoms with Crippen LogP contribution in [0.2, 0.25) is 0 Å². The molecule has 0 radical (unpaired) electrons. The first kappa shape index (κ1) is 20.7. The predicted octanol–water partition coefficient (Wildman–Crippen LogP) is 2.55. The van der Waals surface area contributed by atoms with Crippen LogP contribution in [-0.2, 0) is 16.8 Å². The Morgan fingerprint density at radius 3 is 2.68 bits per heavy atom. The number of Topliss-reactive ketones (excluding diaryl/α,β-unsaturated/α-hetero) is 1. The molecule has 0 bridgehead atoms. The van der Waals surface area contributed by atoms with Crippen LogP contribution in [0.3, 0.4) is 0 Å². The molecular formula is C23H20F2N6O3. The van der Waals surface area contributed by atoms with Crippen LogP contribution in [0.5, 0.6) is 0 Å². The smallest absolute Gasteiger partial charge is 0.293 e. The molecule has 0 saturated heterocycles.